The van der Waals surface area contributed by atoms with Gasteiger partial charge in [-0.25, -0.2) is 4.39 Å². The highest BCUT2D eigenvalue weighted by Gasteiger charge is 2.31. The number of aliphatic hydroxyl groups is 1. The highest BCUT2D eigenvalue weighted by atomic mass is 19.1. The molecule has 3 N–H and O–H groups in total. The summed E-state index contributed by atoms with van der Waals surface area (Å²) in [6, 6.07) is 11.8. The van der Waals surface area contributed by atoms with E-state index in [2.05, 4.69) is 10.3 Å². The summed E-state index contributed by atoms with van der Waals surface area (Å²) in [6.07, 6.45) is 1.84. The minimum Gasteiger partial charge on any atom is -0.391 e. The average molecular weight is 445 g/mol. The second-order valence-electron chi connectivity index (χ2n) is 8.61. The maximum Gasteiger partial charge on any atom is 0.256 e. The van der Waals surface area contributed by atoms with Crippen LogP contribution in [0.15, 0.2) is 42.5 Å². The number of aryl methyl sites for hydroxylation is 1. The number of carbonyl (C=O) groups excluding carboxylic acids is 2. The molecular weight excluding hydrogens is 421 g/mol. The monoisotopic (exact) mass is 445 g/mol. The molecule has 3 heterocycles. The molecule has 0 radical (unpaired) electrons. The lowest BCUT2D eigenvalue weighted by atomic mass is 9.94. The molecule has 0 bridgehead atoms. The number of aromatic amines is 1. The predicted molar refractivity (Wildman–Crippen MR) is 125 cm³/mol. The van der Waals surface area contributed by atoms with Gasteiger partial charge in [0, 0.05) is 35.7 Å². The van der Waals surface area contributed by atoms with Gasteiger partial charge in [0.25, 0.3) is 11.8 Å². The molecule has 5 rings (SSSR count). The molecule has 1 fully saturated rings. The number of benzene rings is 2. The second kappa shape index (κ2) is 8.01. The Balaban J connectivity index is 1.59. The van der Waals surface area contributed by atoms with Crippen molar-refractivity contribution in [3.05, 3.63) is 76.4 Å². The molecule has 2 aliphatic heterocycles. The third-order valence-corrected chi connectivity index (χ3v) is 6.39. The number of nitrogens with zero attached hydrogens (tertiary/aromatic N) is 1. The summed E-state index contributed by atoms with van der Waals surface area (Å²) in [6.45, 7) is 4.52. The minimum absolute atomic E-state index is 0.126. The Morgan fingerprint density at radius 3 is 2.73 bits per heavy atom. The number of amides is 2. The van der Waals surface area contributed by atoms with Gasteiger partial charge in [-0.1, -0.05) is 24.3 Å². The first-order valence-electron chi connectivity index (χ1n) is 10.9. The SMILES string of the molecule is Cc1[nH]c(C=C2C(=O)Nc3cccc(-c4cccc(F)c4)c32)c(C)c1C(=O)N1CC[C@@H](O)C1. The molecule has 2 aliphatic rings. The van der Waals surface area contributed by atoms with E-state index in [1.54, 1.807) is 17.0 Å². The molecule has 33 heavy (non-hydrogen) atoms. The van der Waals surface area contributed by atoms with Gasteiger partial charge >= 0.3 is 0 Å². The zero-order chi connectivity index (χ0) is 23.3. The fourth-order valence-corrected chi connectivity index (χ4v) is 4.75. The van der Waals surface area contributed by atoms with Crippen LogP contribution in [0.4, 0.5) is 10.1 Å². The Labute approximate surface area is 190 Å². The van der Waals surface area contributed by atoms with Crippen LogP contribution in [0.1, 0.15) is 39.3 Å². The smallest absolute Gasteiger partial charge is 0.256 e. The third kappa shape index (κ3) is 3.64. The van der Waals surface area contributed by atoms with Crippen LogP contribution in [0.3, 0.4) is 0 Å². The molecule has 0 aliphatic carbocycles. The lowest BCUT2D eigenvalue weighted by Gasteiger charge is -2.16. The molecule has 1 saturated heterocycles. The van der Waals surface area contributed by atoms with Crippen LogP contribution in [0.5, 0.6) is 0 Å². The molecule has 168 valence electrons. The highest BCUT2D eigenvalue weighted by Crippen LogP contribution is 2.41. The molecule has 3 aromatic rings. The number of anilines is 1. The number of β-amino-alcohol motifs (C(OH)–C–C–N with tert-alkyl or cyclic N) is 1. The van der Waals surface area contributed by atoms with Crippen LogP contribution in [0.25, 0.3) is 22.8 Å². The molecule has 2 aromatic carbocycles. The number of H-pyrrole nitrogens is 1. The number of aliphatic hydroxyl groups excluding tert-OH is 1. The molecule has 0 saturated carbocycles. The molecule has 7 heteroatoms. The second-order valence-corrected chi connectivity index (χ2v) is 8.61. The molecule has 0 unspecified atom stereocenters. The largest absolute Gasteiger partial charge is 0.391 e. The van der Waals surface area contributed by atoms with E-state index in [0.29, 0.717) is 58.8 Å². The van der Waals surface area contributed by atoms with Crippen molar-refractivity contribution in [3.63, 3.8) is 0 Å². The summed E-state index contributed by atoms with van der Waals surface area (Å²) in [5.41, 5.74) is 5.93. The zero-order valence-corrected chi connectivity index (χ0v) is 18.4. The highest BCUT2D eigenvalue weighted by molar-refractivity contribution is 6.36. The molecule has 6 nitrogen and oxygen atoms in total. The lowest BCUT2D eigenvalue weighted by Crippen LogP contribution is -2.30. The van der Waals surface area contributed by atoms with Crippen LogP contribution < -0.4 is 5.32 Å². The van der Waals surface area contributed by atoms with Gasteiger partial charge in [-0.3, -0.25) is 9.59 Å². The minimum atomic E-state index is -0.491. The van der Waals surface area contributed by atoms with E-state index in [-0.39, 0.29) is 17.6 Å². The quantitative estimate of drug-likeness (QED) is 0.530. The van der Waals surface area contributed by atoms with Crippen LogP contribution in [0, 0.1) is 19.7 Å². The van der Waals surface area contributed by atoms with Crippen LogP contribution in [-0.2, 0) is 4.79 Å². The number of likely N-dealkylation sites (tertiary alicyclic amines) is 1. The molecular formula is C26H24FN3O3. The Bertz CT molecular complexity index is 1320. The Hall–Kier alpha value is -3.71. The average Bonchev–Trinajstić information content (AvgIpc) is 3.43. The van der Waals surface area contributed by atoms with Gasteiger partial charge in [-0.15, -0.1) is 0 Å². The van der Waals surface area contributed by atoms with Crippen LogP contribution >= 0.6 is 0 Å². The van der Waals surface area contributed by atoms with Crippen molar-refractivity contribution in [3.8, 4) is 11.1 Å². The number of fused-ring (bicyclic) bond motifs is 1. The maximum atomic E-state index is 13.9. The standard InChI is InChI=1S/C26H24FN3O3/c1-14-22(28-15(2)23(14)26(33)30-10-9-18(31)13-30)12-20-24-19(16-5-3-6-17(27)11-16)7-4-8-21(24)29-25(20)32/h3-8,11-12,18,28,31H,9-10,13H2,1-2H3,(H,29,32)/t18-/m1/s1. The topological polar surface area (TPSA) is 85.4 Å². The molecule has 2 amide bonds. The van der Waals surface area contributed by atoms with E-state index < -0.39 is 6.10 Å². The molecule has 1 atom stereocenters. The first kappa shape index (κ1) is 21.2. The van der Waals surface area contributed by atoms with E-state index in [1.807, 2.05) is 38.1 Å². The fourth-order valence-electron chi connectivity index (χ4n) is 4.75. The molecule has 1 aromatic heterocycles. The Morgan fingerprint density at radius 2 is 2.00 bits per heavy atom. The van der Waals surface area contributed by atoms with E-state index in [9.17, 15) is 19.1 Å². The van der Waals surface area contributed by atoms with Crippen molar-refractivity contribution < 1.29 is 19.1 Å². The third-order valence-electron chi connectivity index (χ3n) is 6.39. The van der Waals surface area contributed by atoms with E-state index in [1.165, 1.54) is 12.1 Å². The number of rotatable bonds is 3. The summed E-state index contributed by atoms with van der Waals surface area (Å²) in [4.78, 5) is 30.9. The summed E-state index contributed by atoms with van der Waals surface area (Å²) in [5.74, 6) is -0.728. The van der Waals surface area contributed by atoms with Gasteiger partial charge in [0.15, 0.2) is 0 Å². The lowest BCUT2D eigenvalue weighted by molar-refractivity contribution is -0.110. The van der Waals surface area contributed by atoms with Gasteiger partial charge in [0.05, 0.1) is 17.2 Å². The van der Waals surface area contributed by atoms with Gasteiger partial charge in [0.1, 0.15) is 5.82 Å². The predicted octanol–water partition coefficient (Wildman–Crippen LogP) is 4.14. The van der Waals surface area contributed by atoms with Crippen molar-refractivity contribution in [2.75, 3.05) is 18.4 Å². The summed E-state index contributed by atoms with van der Waals surface area (Å²) in [5, 5.41) is 12.7. The number of hydrogen-bond acceptors (Lipinski definition) is 3. The summed E-state index contributed by atoms with van der Waals surface area (Å²) in [7, 11) is 0. The zero-order valence-electron chi connectivity index (χ0n) is 18.4. The number of aromatic nitrogens is 1. The fraction of sp³-hybridized carbons (Fsp3) is 0.231. The Morgan fingerprint density at radius 1 is 1.21 bits per heavy atom. The van der Waals surface area contributed by atoms with Gasteiger partial charge in [-0.05, 0) is 61.2 Å². The molecule has 0 spiro atoms. The number of hydrogen-bond donors (Lipinski definition) is 3. The van der Waals surface area contributed by atoms with E-state index in [0.717, 1.165) is 11.1 Å². The van der Waals surface area contributed by atoms with Gasteiger partial charge in [0.2, 0.25) is 0 Å². The normalized spacial score (nSPS) is 18.7. The maximum absolute atomic E-state index is 13.9. The van der Waals surface area contributed by atoms with Crippen molar-refractivity contribution >= 4 is 29.2 Å². The number of nitrogens with one attached hydrogen (secondary N) is 2. The first-order valence-corrected chi connectivity index (χ1v) is 10.9. The van der Waals surface area contributed by atoms with E-state index in [4.69, 9.17) is 0 Å². The van der Waals surface area contributed by atoms with Crippen molar-refractivity contribution in [2.24, 2.45) is 0 Å². The van der Waals surface area contributed by atoms with E-state index >= 15 is 0 Å². The number of halogens is 1. The van der Waals surface area contributed by atoms with Crippen molar-refractivity contribution in [1.29, 1.82) is 0 Å². The summed E-state index contributed by atoms with van der Waals surface area (Å²) >= 11 is 0. The Kier molecular flexibility index (Phi) is 5.13. The van der Waals surface area contributed by atoms with Crippen molar-refractivity contribution in [2.45, 2.75) is 26.4 Å². The van der Waals surface area contributed by atoms with Crippen LogP contribution in [0.2, 0.25) is 0 Å². The van der Waals surface area contributed by atoms with Crippen LogP contribution in [-0.4, -0.2) is 46.0 Å². The summed E-state index contributed by atoms with van der Waals surface area (Å²) < 4.78 is 13.9. The first-order chi connectivity index (χ1) is 15.8. The van der Waals surface area contributed by atoms with Gasteiger partial charge in [-0.2, -0.15) is 0 Å². The van der Waals surface area contributed by atoms with Crippen molar-refractivity contribution in [1.82, 2.24) is 9.88 Å². The van der Waals surface area contributed by atoms with Gasteiger partial charge < -0.3 is 20.3 Å². The number of carbonyl (C=O) groups is 2.